The number of anilines is 1. The van der Waals surface area contributed by atoms with E-state index in [1.54, 1.807) is 6.07 Å². The Kier molecular flexibility index (Phi) is 4.14. The topological polar surface area (TPSA) is 75.0 Å². The first kappa shape index (κ1) is 12.1. The fourth-order valence-corrected chi connectivity index (χ4v) is 2.53. The van der Waals surface area contributed by atoms with Crippen LogP contribution in [0.3, 0.4) is 0 Å². The minimum absolute atomic E-state index is 0.104. The summed E-state index contributed by atoms with van der Waals surface area (Å²) in [7, 11) is 0. The molecule has 0 saturated heterocycles. The maximum absolute atomic E-state index is 11.3. The zero-order chi connectivity index (χ0) is 12.1. The van der Waals surface area contributed by atoms with Crippen LogP contribution in [0.4, 0.5) is 5.82 Å². The lowest BCUT2D eigenvalue weighted by atomic mass is 9.94. The predicted molar refractivity (Wildman–Crippen MR) is 68.1 cm³/mol. The Balaban J connectivity index is 2.18. The fraction of sp³-hybridized carbons (Fsp3) is 0.667. The van der Waals surface area contributed by atoms with Crippen LogP contribution >= 0.6 is 0 Å². The number of nitrogens with two attached hydrogens (primary N) is 1. The Morgan fingerprint density at radius 1 is 1.41 bits per heavy atom. The molecular weight excluding hydrogens is 216 g/mol. The molecule has 0 amide bonds. The highest BCUT2D eigenvalue weighted by molar-refractivity contribution is 5.38. The highest BCUT2D eigenvalue weighted by Gasteiger charge is 2.21. The molecule has 5 nitrogen and oxygen atoms in total. The molecule has 17 heavy (non-hydrogen) atoms. The van der Waals surface area contributed by atoms with Gasteiger partial charge in [0, 0.05) is 25.2 Å². The molecule has 0 aromatic carbocycles. The molecule has 0 aliphatic heterocycles. The second-order valence-electron chi connectivity index (χ2n) is 4.54. The quantitative estimate of drug-likeness (QED) is 0.813. The number of rotatable bonds is 4. The summed E-state index contributed by atoms with van der Waals surface area (Å²) in [6, 6.07) is 2.05. The third-order valence-electron chi connectivity index (χ3n) is 3.34. The van der Waals surface area contributed by atoms with Gasteiger partial charge in [0.15, 0.2) is 0 Å². The second-order valence-corrected chi connectivity index (χ2v) is 4.54. The van der Waals surface area contributed by atoms with Crippen molar-refractivity contribution in [3.05, 3.63) is 22.7 Å². The van der Waals surface area contributed by atoms with Crippen LogP contribution in [0.25, 0.3) is 0 Å². The van der Waals surface area contributed by atoms with Gasteiger partial charge in [0.05, 0.1) is 6.33 Å². The van der Waals surface area contributed by atoms with Crippen molar-refractivity contribution in [3.63, 3.8) is 0 Å². The Bertz CT molecular complexity index is 397. The lowest BCUT2D eigenvalue weighted by Crippen LogP contribution is -2.41. The third kappa shape index (κ3) is 3.06. The molecule has 1 fully saturated rings. The lowest BCUT2D eigenvalue weighted by Gasteiger charge is -2.34. The Morgan fingerprint density at radius 3 is 2.82 bits per heavy atom. The minimum Gasteiger partial charge on any atom is -0.352 e. The van der Waals surface area contributed by atoms with Gasteiger partial charge in [-0.1, -0.05) is 19.3 Å². The molecule has 3 N–H and O–H groups in total. The van der Waals surface area contributed by atoms with E-state index in [0.717, 1.165) is 12.4 Å². The van der Waals surface area contributed by atoms with Gasteiger partial charge in [-0.15, -0.1) is 0 Å². The van der Waals surface area contributed by atoms with Gasteiger partial charge >= 0.3 is 0 Å². The number of hydrogen-bond acceptors (Lipinski definition) is 4. The summed E-state index contributed by atoms with van der Waals surface area (Å²) < 4.78 is 0. The number of nitrogens with zero attached hydrogens (tertiary/aromatic N) is 2. The Labute approximate surface area is 101 Å². The van der Waals surface area contributed by atoms with E-state index < -0.39 is 0 Å². The second kappa shape index (κ2) is 5.82. The third-order valence-corrected chi connectivity index (χ3v) is 3.34. The van der Waals surface area contributed by atoms with Crippen LogP contribution in [0.2, 0.25) is 0 Å². The first-order valence-corrected chi connectivity index (χ1v) is 6.32. The molecule has 1 saturated carbocycles. The number of nitrogens with one attached hydrogen (secondary N) is 1. The molecule has 1 heterocycles. The van der Waals surface area contributed by atoms with E-state index in [1.807, 2.05) is 0 Å². The molecule has 5 heteroatoms. The van der Waals surface area contributed by atoms with Gasteiger partial charge in [0.25, 0.3) is 5.56 Å². The normalized spacial score (nSPS) is 17.0. The summed E-state index contributed by atoms with van der Waals surface area (Å²) in [6.45, 7) is 1.35. The standard InChI is InChI=1S/C12H20N4O/c13-6-7-16(10-4-2-1-3-5-10)11-8-12(17)15-9-14-11/h8-10H,1-7,13H2,(H,14,15,17). The van der Waals surface area contributed by atoms with Crippen molar-refractivity contribution in [2.24, 2.45) is 5.73 Å². The van der Waals surface area contributed by atoms with Gasteiger partial charge in [-0.05, 0) is 12.8 Å². The number of H-pyrrole nitrogens is 1. The van der Waals surface area contributed by atoms with E-state index in [9.17, 15) is 4.79 Å². The van der Waals surface area contributed by atoms with Crippen LogP contribution in [-0.2, 0) is 0 Å². The first-order chi connectivity index (χ1) is 8.31. The zero-order valence-corrected chi connectivity index (χ0v) is 10.1. The molecule has 94 valence electrons. The lowest BCUT2D eigenvalue weighted by molar-refractivity contribution is 0.414. The number of aromatic amines is 1. The molecule has 0 unspecified atom stereocenters. The number of aromatic nitrogens is 2. The van der Waals surface area contributed by atoms with Crippen LogP contribution in [-0.4, -0.2) is 29.1 Å². The van der Waals surface area contributed by atoms with Crippen LogP contribution in [0.5, 0.6) is 0 Å². The summed E-state index contributed by atoms with van der Waals surface area (Å²) in [6.07, 6.45) is 7.65. The van der Waals surface area contributed by atoms with Gasteiger partial charge < -0.3 is 15.6 Å². The van der Waals surface area contributed by atoms with E-state index >= 15 is 0 Å². The van der Waals surface area contributed by atoms with E-state index in [0.29, 0.717) is 12.6 Å². The maximum Gasteiger partial charge on any atom is 0.252 e. The van der Waals surface area contributed by atoms with E-state index in [2.05, 4.69) is 14.9 Å². The molecule has 1 aromatic heterocycles. The highest BCUT2D eigenvalue weighted by Crippen LogP contribution is 2.25. The van der Waals surface area contributed by atoms with Crippen molar-refractivity contribution >= 4 is 5.82 Å². The van der Waals surface area contributed by atoms with Crippen LogP contribution in [0, 0.1) is 0 Å². The Morgan fingerprint density at radius 2 is 2.18 bits per heavy atom. The predicted octanol–water partition coefficient (Wildman–Crippen LogP) is 0.868. The smallest absolute Gasteiger partial charge is 0.252 e. The average molecular weight is 236 g/mol. The largest absolute Gasteiger partial charge is 0.352 e. The summed E-state index contributed by atoms with van der Waals surface area (Å²) in [5.74, 6) is 0.756. The van der Waals surface area contributed by atoms with Crippen molar-refractivity contribution in [3.8, 4) is 0 Å². The molecule has 0 bridgehead atoms. The SMILES string of the molecule is NCCN(c1cc(=O)[nH]cn1)C1CCCCC1. The summed E-state index contributed by atoms with van der Waals surface area (Å²) in [5, 5.41) is 0. The van der Waals surface area contributed by atoms with Gasteiger partial charge in [0.2, 0.25) is 0 Å². The van der Waals surface area contributed by atoms with Gasteiger partial charge in [-0.2, -0.15) is 0 Å². The first-order valence-electron chi connectivity index (χ1n) is 6.32. The summed E-state index contributed by atoms with van der Waals surface area (Å²) in [4.78, 5) is 20.3. The van der Waals surface area contributed by atoms with Gasteiger partial charge in [-0.3, -0.25) is 4.79 Å². The maximum atomic E-state index is 11.3. The molecule has 2 rings (SSSR count). The molecule has 1 aliphatic rings. The van der Waals surface area contributed by atoms with Crippen molar-refractivity contribution in [1.29, 1.82) is 0 Å². The monoisotopic (exact) mass is 236 g/mol. The molecule has 0 atom stereocenters. The zero-order valence-electron chi connectivity index (χ0n) is 10.1. The van der Waals surface area contributed by atoms with Crippen LogP contribution in [0.1, 0.15) is 32.1 Å². The van der Waals surface area contributed by atoms with Crippen LogP contribution in [0.15, 0.2) is 17.2 Å². The van der Waals surface area contributed by atoms with E-state index in [4.69, 9.17) is 5.73 Å². The van der Waals surface area contributed by atoms with Gasteiger partial charge in [-0.25, -0.2) is 4.98 Å². The van der Waals surface area contributed by atoms with Crippen LogP contribution < -0.4 is 16.2 Å². The molecule has 1 aromatic rings. The van der Waals surface area contributed by atoms with Crippen molar-refractivity contribution in [2.45, 2.75) is 38.1 Å². The molecule has 0 radical (unpaired) electrons. The molecule has 1 aliphatic carbocycles. The van der Waals surface area contributed by atoms with Gasteiger partial charge in [0.1, 0.15) is 5.82 Å². The fourth-order valence-electron chi connectivity index (χ4n) is 2.53. The average Bonchev–Trinajstić information content (AvgIpc) is 2.37. The number of hydrogen-bond donors (Lipinski definition) is 2. The summed E-state index contributed by atoms with van der Waals surface area (Å²) >= 11 is 0. The van der Waals surface area contributed by atoms with Crippen molar-refractivity contribution in [1.82, 2.24) is 9.97 Å². The van der Waals surface area contributed by atoms with E-state index in [-0.39, 0.29) is 5.56 Å². The Hall–Kier alpha value is -1.36. The minimum atomic E-state index is -0.104. The highest BCUT2D eigenvalue weighted by atomic mass is 16.1. The summed E-state index contributed by atoms with van der Waals surface area (Å²) in [5.41, 5.74) is 5.55. The van der Waals surface area contributed by atoms with E-state index in [1.165, 1.54) is 38.4 Å². The van der Waals surface area contributed by atoms with Crippen molar-refractivity contribution < 1.29 is 0 Å². The molecular formula is C12H20N4O. The molecule has 0 spiro atoms. The van der Waals surface area contributed by atoms with Crippen molar-refractivity contribution in [2.75, 3.05) is 18.0 Å².